The second-order valence-electron chi connectivity index (χ2n) is 11.0. The van der Waals surface area contributed by atoms with E-state index >= 15 is 4.39 Å². The van der Waals surface area contributed by atoms with Crippen molar-refractivity contribution in [3.05, 3.63) is 49.1 Å². The molecule has 2 aliphatic rings. The van der Waals surface area contributed by atoms with Crippen LogP contribution in [0.3, 0.4) is 0 Å². The third-order valence-corrected chi connectivity index (χ3v) is 7.28. The molecule has 2 saturated heterocycles. The van der Waals surface area contributed by atoms with Gasteiger partial charge in [-0.15, -0.1) is 10.2 Å². The van der Waals surface area contributed by atoms with Crippen LogP contribution in [-0.4, -0.2) is 81.6 Å². The number of benzene rings is 1. The van der Waals surface area contributed by atoms with Crippen molar-refractivity contribution < 1.29 is 23.4 Å². The second kappa shape index (κ2) is 10.8. The van der Waals surface area contributed by atoms with Gasteiger partial charge in [-0.25, -0.2) is 14.2 Å². The quantitative estimate of drug-likeness (QED) is 0.402. The molecule has 1 aromatic carbocycles. The first-order valence-electron chi connectivity index (χ1n) is 13.1. The summed E-state index contributed by atoms with van der Waals surface area (Å²) in [4.78, 5) is 20.3. The lowest BCUT2D eigenvalue weighted by molar-refractivity contribution is -0.0104. The van der Waals surface area contributed by atoms with Gasteiger partial charge in [0.1, 0.15) is 17.5 Å². The van der Waals surface area contributed by atoms with Crippen LogP contribution in [0, 0.1) is 0 Å². The maximum Gasteiger partial charge on any atom is 0.410 e. The summed E-state index contributed by atoms with van der Waals surface area (Å²) in [7, 11) is 3.39. The normalized spacial score (nSPS) is 22.6. The van der Waals surface area contributed by atoms with Crippen LogP contribution in [-0.2, 0) is 9.47 Å². The van der Waals surface area contributed by atoms with E-state index < -0.39 is 29.9 Å². The number of alkyl halides is 1. The molecule has 2 unspecified atom stereocenters. The van der Waals surface area contributed by atoms with Gasteiger partial charge in [0.15, 0.2) is 12.6 Å². The number of imidazole rings is 1. The van der Waals surface area contributed by atoms with Crippen molar-refractivity contribution in [2.75, 3.05) is 25.9 Å². The molecular formula is C28H35FN6O4. The molecule has 3 aromatic rings. The van der Waals surface area contributed by atoms with Crippen LogP contribution in [0.25, 0.3) is 16.9 Å². The molecule has 2 aromatic heterocycles. The van der Waals surface area contributed by atoms with Crippen molar-refractivity contribution >= 4 is 11.9 Å². The first-order valence-corrected chi connectivity index (χ1v) is 13.1. The van der Waals surface area contributed by atoms with Crippen molar-refractivity contribution in [2.24, 2.45) is 0 Å². The SMILES string of the molecule is COCOc1cc(-n2ccnc2)ccc1-c1ccc(N(C)[C@@H]2CC3CCC([C@@H]2F)N3C(=O)OC(C)(C)C)nn1. The maximum atomic E-state index is 15.8. The molecule has 0 radical (unpaired) electrons. The van der Waals surface area contributed by atoms with Crippen molar-refractivity contribution in [1.82, 2.24) is 24.6 Å². The predicted octanol–water partition coefficient (Wildman–Crippen LogP) is 4.63. The molecule has 1 amide bonds. The van der Waals surface area contributed by atoms with Gasteiger partial charge in [-0.3, -0.25) is 4.90 Å². The van der Waals surface area contributed by atoms with Crippen LogP contribution in [0.2, 0.25) is 0 Å². The summed E-state index contributed by atoms with van der Waals surface area (Å²) in [5.74, 6) is 1.15. The molecule has 2 aliphatic heterocycles. The van der Waals surface area contributed by atoms with Crippen LogP contribution in [0.1, 0.15) is 40.0 Å². The molecule has 5 rings (SSSR count). The van der Waals surface area contributed by atoms with Crippen molar-refractivity contribution in [1.29, 1.82) is 0 Å². The molecule has 10 nitrogen and oxygen atoms in total. The fraction of sp³-hybridized carbons (Fsp3) is 0.500. The number of hydrogen-bond donors (Lipinski definition) is 0. The van der Waals surface area contributed by atoms with Gasteiger partial charge in [0.05, 0.1) is 29.8 Å². The molecule has 0 N–H and O–H groups in total. The molecule has 11 heteroatoms. The maximum absolute atomic E-state index is 15.8. The highest BCUT2D eigenvalue weighted by atomic mass is 19.1. The standard InChI is InChI=1S/C28H35FN6O4/c1-28(2,3)39-27(36)35-19-7-10-22(35)26(29)23(14-19)33(4)25-11-9-21(31-32-25)20-8-6-18(34-13-12-30-16-34)15-24(20)38-17-37-5/h6,8-9,11-13,15-16,19,22-23,26H,7,10,14,17H2,1-5H3/t19?,22?,23-,26+/m1/s1. The van der Waals surface area contributed by atoms with Gasteiger partial charge in [-0.2, -0.15) is 0 Å². The largest absolute Gasteiger partial charge is 0.467 e. The Balaban J connectivity index is 1.33. The lowest BCUT2D eigenvalue weighted by atomic mass is 9.94. The van der Waals surface area contributed by atoms with E-state index in [1.165, 1.54) is 0 Å². The number of amides is 1. The van der Waals surface area contributed by atoms with E-state index in [0.717, 1.165) is 17.7 Å². The number of fused-ring (bicyclic) bond motifs is 2. The van der Waals surface area contributed by atoms with Crippen molar-refractivity contribution in [3.63, 3.8) is 0 Å². The fourth-order valence-corrected chi connectivity index (χ4v) is 5.46. The highest BCUT2D eigenvalue weighted by Crippen LogP contribution is 2.41. The second-order valence-corrected chi connectivity index (χ2v) is 11.0. The molecule has 0 spiro atoms. The Morgan fingerprint density at radius 3 is 2.67 bits per heavy atom. The van der Waals surface area contributed by atoms with E-state index in [4.69, 9.17) is 14.2 Å². The van der Waals surface area contributed by atoms with Gasteiger partial charge >= 0.3 is 6.09 Å². The van der Waals surface area contributed by atoms with Gasteiger partial charge in [0.25, 0.3) is 0 Å². The van der Waals surface area contributed by atoms with E-state index in [2.05, 4.69) is 15.2 Å². The minimum Gasteiger partial charge on any atom is -0.467 e. The van der Waals surface area contributed by atoms with E-state index in [9.17, 15) is 4.79 Å². The molecule has 2 bridgehead atoms. The Morgan fingerprint density at radius 1 is 1.18 bits per heavy atom. The van der Waals surface area contributed by atoms with Gasteiger partial charge < -0.3 is 23.7 Å². The third kappa shape index (κ3) is 5.54. The van der Waals surface area contributed by atoms with Crippen LogP contribution in [0.5, 0.6) is 5.75 Å². The minimum absolute atomic E-state index is 0.0639. The molecule has 208 valence electrons. The van der Waals surface area contributed by atoms with E-state index in [-0.39, 0.29) is 12.8 Å². The topological polar surface area (TPSA) is 94.8 Å². The number of piperidine rings is 1. The molecule has 0 aliphatic carbocycles. The number of ether oxygens (including phenoxy) is 3. The number of rotatable bonds is 7. The van der Waals surface area contributed by atoms with Gasteiger partial charge in [0.2, 0.25) is 0 Å². The number of hydrogen-bond acceptors (Lipinski definition) is 8. The fourth-order valence-electron chi connectivity index (χ4n) is 5.46. The van der Waals surface area contributed by atoms with Gasteiger partial charge in [0, 0.05) is 44.2 Å². The molecule has 39 heavy (non-hydrogen) atoms. The van der Waals surface area contributed by atoms with Gasteiger partial charge in [-0.05, 0) is 64.3 Å². The van der Waals surface area contributed by atoms with Crippen LogP contribution >= 0.6 is 0 Å². The number of nitrogens with zero attached hydrogens (tertiary/aromatic N) is 6. The van der Waals surface area contributed by atoms with Crippen LogP contribution in [0.15, 0.2) is 49.1 Å². The zero-order chi connectivity index (χ0) is 27.7. The number of halogens is 1. The first kappa shape index (κ1) is 26.9. The van der Waals surface area contributed by atoms with Crippen molar-refractivity contribution in [3.8, 4) is 22.7 Å². The molecule has 4 heterocycles. The number of anilines is 1. The number of carbonyl (C=O) groups is 1. The number of methoxy groups -OCH3 is 1. The monoisotopic (exact) mass is 538 g/mol. The van der Waals surface area contributed by atoms with E-state index in [0.29, 0.717) is 30.1 Å². The predicted molar refractivity (Wildman–Crippen MR) is 144 cm³/mol. The summed E-state index contributed by atoms with van der Waals surface area (Å²) in [6.07, 6.45) is 5.49. The zero-order valence-corrected chi connectivity index (χ0v) is 23.0. The lowest BCUT2D eigenvalue weighted by Crippen LogP contribution is -2.59. The minimum atomic E-state index is -1.23. The highest BCUT2D eigenvalue weighted by molar-refractivity contribution is 5.71. The summed E-state index contributed by atoms with van der Waals surface area (Å²) in [6.45, 7) is 5.55. The highest BCUT2D eigenvalue weighted by Gasteiger charge is 2.52. The van der Waals surface area contributed by atoms with E-state index in [1.54, 1.807) is 24.5 Å². The first-order chi connectivity index (χ1) is 18.7. The number of carbonyl (C=O) groups excluding carboxylic acids is 1. The summed E-state index contributed by atoms with van der Waals surface area (Å²) in [6, 6.07) is 8.44. The Kier molecular flexibility index (Phi) is 7.44. The average Bonchev–Trinajstić information content (AvgIpc) is 3.56. The lowest BCUT2D eigenvalue weighted by Gasteiger charge is -2.44. The number of aromatic nitrogens is 4. The van der Waals surface area contributed by atoms with Gasteiger partial charge in [-0.1, -0.05) is 0 Å². The van der Waals surface area contributed by atoms with Crippen LogP contribution in [0.4, 0.5) is 15.0 Å². The Hall–Kier alpha value is -3.73. The van der Waals surface area contributed by atoms with E-state index in [1.807, 2.05) is 73.8 Å². The summed E-state index contributed by atoms with van der Waals surface area (Å²) in [5, 5.41) is 8.88. The van der Waals surface area contributed by atoms with Crippen molar-refractivity contribution in [2.45, 2.75) is 69.9 Å². The molecule has 2 fully saturated rings. The molecular weight excluding hydrogens is 503 g/mol. The summed E-state index contributed by atoms with van der Waals surface area (Å²) >= 11 is 0. The summed E-state index contributed by atoms with van der Waals surface area (Å²) in [5.41, 5.74) is 1.63. The zero-order valence-electron chi connectivity index (χ0n) is 23.0. The average molecular weight is 539 g/mol. The third-order valence-electron chi connectivity index (χ3n) is 7.28. The molecule has 4 atom stereocenters. The Morgan fingerprint density at radius 2 is 2.00 bits per heavy atom. The van der Waals surface area contributed by atoms with Crippen LogP contribution < -0.4 is 9.64 Å². The Labute approximate surface area is 227 Å². The Bertz CT molecular complexity index is 1280. The molecule has 0 saturated carbocycles. The smallest absolute Gasteiger partial charge is 0.410 e. The summed E-state index contributed by atoms with van der Waals surface area (Å²) < 4.78 is 34.2.